The van der Waals surface area contributed by atoms with Gasteiger partial charge < -0.3 is 4.52 Å². The molecule has 3 rings (SSSR count). The fraction of sp³-hybridized carbons (Fsp3) is 0.0769. The highest BCUT2D eigenvalue weighted by Crippen LogP contribution is 2.35. The molecule has 0 fully saturated rings. The van der Waals surface area contributed by atoms with Crippen LogP contribution in [0.2, 0.25) is 5.02 Å². The number of thiophene rings is 1. The molecule has 0 spiro atoms. The predicted octanol–water partition coefficient (Wildman–Crippen LogP) is 4.10. The number of anilines is 1. The van der Waals surface area contributed by atoms with Gasteiger partial charge in [-0.1, -0.05) is 35.0 Å². The van der Waals surface area contributed by atoms with Crippen LogP contribution in [0.15, 0.2) is 34.9 Å². The molecule has 6 heteroatoms. The number of hydrogen-bond donors (Lipinski definition) is 1. The van der Waals surface area contributed by atoms with E-state index in [4.69, 9.17) is 16.1 Å². The van der Waals surface area contributed by atoms with E-state index in [2.05, 4.69) is 10.5 Å². The number of benzene rings is 1. The van der Waals surface area contributed by atoms with Crippen molar-refractivity contribution in [2.24, 2.45) is 0 Å². The fourth-order valence-electron chi connectivity index (χ4n) is 1.75. The third kappa shape index (κ3) is 2.22. The summed E-state index contributed by atoms with van der Waals surface area (Å²) in [6.07, 6.45) is 0. The van der Waals surface area contributed by atoms with Crippen LogP contribution in [0.3, 0.4) is 0 Å². The van der Waals surface area contributed by atoms with Gasteiger partial charge in [0.25, 0.3) is 5.91 Å². The van der Waals surface area contributed by atoms with Gasteiger partial charge in [0.15, 0.2) is 0 Å². The molecular weight excluding hydrogens is 284 g/mol. The minimum Gasteiger partial charge on any atom is -0.338 e. The molecule has 0 aliphatic heterocycles. The minimum absolute atomic E-state index is 0.289. The standard InChI is InChI=1S/C13H9ClN2O2S/c1-7-6-10(18-16-7)15-13(17)12-11(14)8-4-2-3-5-9(8)19-12/h2-6H,1H3,(H,15,17). The molecule has 0 aliphatic rings. The molecule has 0 unspecified atom stereocenters. The molecule has 0 bridgehead atoms. The van der Waals surface area contributed by atoms with Gasteiger partial charge in [-0.05, 0) is 13.0 Å². The molecule has 2 heterocycles. The zero-order chi connectivity index (χ0) is 13.4. The van der Waals surface area contributed by atoms with Crippen molar-refractivity contribution in [3.8, 4) is 0 Å². The Morgan fingerprint density at radius 3 is 2.89 bits per heavy atom. The highest BCUT2D eigenvalue weighted by Gasteiger charge is 2.18. The van der Waals surface area contributed by atoms with E-state index in [1.165, 1.54) is 11.3 Å². The molecule has 3 aromatic rings. The topological polar surface area (TPSA) is 55.1 Å². The number of carbonyl (C=O) groups is 1. The third-order valence-corrected chi connectivity index (χ3v) is 4.28. The Morgan fingerprint density at radius 1 is 1.42 bits per heavy atom. The van der Waals surface area contributed by atoms with E-state index in [-0.39, 0.29) is 5.91 Å². The Bertz CT molecular complexity index is 763. The maximum Gasteiger partial charge on any atom is 0.269 e. The highest BCUT2D eigenvalue weighted by atomic mass is 35.5. The van der Waals surface area contributed by atoms with E-state index in [0.717, 1.165) is 10.1 Å². The van der Waals surface area contributed by atoms with Crippen molar-refractivity contribution in [3.05, 3.63) is 45.9 Å². The maximum absolute atomic E-state index is 12.1. The number of halogens is 1. The van der Waals surface area contributed by atoms with Crippen molar-refractivity contribution in [2.75, 3.05) is 5.32 Å². The van der Waals surface area contributed by atoms with Gasteiger partial charge in [0.05, 0.1) is 10.7 Å². The molecule has 1 aromatic carbocycles. The number of rotatable bonds is 2. The van der Waals surface area contributed by atoms with Crippen LogP contribution >= 0.6 is 22.9 Å². The van der Waals surface area contributed by atoms with Gasteiger partial charge in [0.2, 0.25) is 5.88 Å². The SMILES string of the molecule is Cc1cc(NC(=O)c2sc3ccccc3c2Cl)on1. The van der Waals surface area contributed by atoms with Crippen LogP contribution in [-0.4, -0.2) is 11.1 Å². The van der Waals surface area contributed by atoms with E-state index in [0.29, 0.717) is 21.5 Å². The zero-order valence-electron chi connectivity index (χ0n) is 9.94. The lowest BCUT2D eigenvalue weighted by molar-refractivity contribution is 0.102. The quantitative estimate of drug-likeness (QED) is 0.773. The highest BCUT2D eigenvalue weighted by molar-refractivity contribution is 7.21. The molecule has 96 valence electrons. The minimum atomic E-state index is -0.289. The van der Waals surface area contributed by atoms with Crippen molar-refractivity contribution in [2.45, 2.75) is 6.92 Å². The fourth-order valence-corrected chi connectivity index (χ4v) is 3.16. The second-order valence-corrected chi connectivity index (χ2v) is 5.46. The number of aryl methyl sites for hydroxylation is 1. The van der Waals surface area contributed by atoms with E-state index in [1.54, 1.807) is 13.0 Å². The predicted molar refractivity (Wildman–Crippen MR) is 76.0 cm³/mol. The third-order valence-electron chi connectivity index (χ3n) is 2.61. The zero-order valence-corrected chi connectivity index (χ0v) is 11.5. The maximum atomic E-state index is 12.1. The Hall–Kier alpha value is -1.85. The molecule has 1 amide bonds. The van der Waals surface area contributed by atoms with Gasteiger partial charge in [0.1, 0.15) is 4.88 Å². The molecule has 2 aromatic heterocycles. The Morgan fingerprint density at radius 2 is 2.21 bits per heavy atom. The Labute approximate surface area is 118 Å². The molecule has 19 heavy (non-hydrogen) atoms. The van der Waals surface area contributed by atoms with E-state index in [1.807, 2.05) is 24.3 Å². The van der Waals surface area contributed by atoms with Gasteiger partial charge in [-0.2, -0.15) is 0 Å². The lowest BCUT2D eigenvalue weighted by Gasteiger charge is -1.98. The molecule has 0 radical (unpaired) electrons. The average molecular weight is 293 g/mol. The van der Waals surface area contributed by atoms with Gasteiger partial charge >= 0.3 is 0 Å². The molecule has 4 nitrogen and oxygen atoms in total. The molecule has 0 atom stereocenters. The van der Waals surface area contributed by atoms with Gasteiger partial charge in [-0.15, -0.1) is 11.3 Å². The summed E-state index contributed by atoms with van der Waals surface area (Å²) >= 11 is 7.58. The summed E-state index contributed by atoms with van der Waals surface area (Å²) in [6, 6.07) is 9.28. The first-order valence-corrected chi connectivity index (χ1v) is 6.76. The van der Waals surface area contributed by atoms with Crippen molar-refractivity contribution in [3.63, 3.8) is 0 Å². The Kier molecular flexibility index (Phi) is 3.00. The number of carbonyl (C=O) groups excluding carboxylic acids is 1. The lowest BCUT2D eigenvalue weighted by Crippen LogP contribution is -2.09. The normalized spacial score (nSPS) is 10.8. The number of nitrogens with one attached hydrogen (secondary N) is 1. The summed E-state index contributed by atoms with van der Waals surface area (Å²) in [4.78, 5) is 12.6. The summed E-state index contributed by atoms with van der Waals surface area (Å²) in [7, 11) is 0. The summed E-state index contributed by atoms with van der Waals surface area (Å²) in [6.45, 7) is 1.78. The first-order valence-electron chi connectivity index (χ1n) is 5.57. The van der Waals surface area contributed by atoms with Crippen LogP contribution < -0.4 is 5.32 Å². The summed E-state index contributed by atoms with van der Waals surface area (Å²) in [5.41, 5.74) is 0.706. The van der Waals surface area contributed by atoms with Crippen LogP contribution in [0.1, 0.15) is 15.4 Å². The lowest BCUT2D eigenvalue weighted by atomic mass is 10.2. The summed E-state index contributed by atoms with van der Waals surface area (Å²) < 4.78 is 5.93. The largest absolute Gasteiger partial charge is 0.338 e. The van der Waals surface area contributed by atoms with Crippen molar-refractivity contribution in [1.82, 2.24) is 5.16 Å². The molecule has 0 saturated heterocycles. The molecule has 0 saturated carbocycles. The van der Waals surface area contributed by atoms with Crippen LogP contribution in [0.25, 0.3) is 10.1 Å². The molecule has 0 aliphatic carbocycles. The van der Waals surface area contributed by atoms with Crippen molar-refractivity contribution in [1.29, 1.82) is 0 Å². The van der Waals surface area contributed by atoms with E-state index >= 15 is 0 Å². The number of nitrogens with zero attached hydrogens (tertiary/aromatic N) is 1. The van der Waals surface area contributed by atoms with Crippen LogP contribution in [0.5, 0.6) is 0 Å². The average Bonchev–Trinajstić information content (AvgIpc) is 2.94. The first-order chi connectivity index (χ1) is 9.15. The van der Waals surface area contributed by atoms with Gasteiger partial charge in [-0.25, -0.2) is 0 Å². The van der Waals surface area contributed by atoms with E-state index in [9.17, 15) is 4.79 Å². The summed E-state index contributed by atoms with van der Waals surface area (Å²) in [5.74, 6) is 0.0263. The van der Waals surface area contributed by atoms with Gasteiger partial charge in [0, 0.05) is 16.2 Å². The molecular formula is C13H9ClN2O2S. The molecule has 1 N–H and O–H groups in total. The van der Waals surface area contributed by atoms with Crippen molar-refractivity contribution < 1.29 is 9.32 Å². The number of amides is 1. The monoisotopic (exact) mass is 292 g/mol. The van der Waals surface area contributed by atoms with Gasteiger partial charge in [-0.3, -0.25) is 10.1 Å². The van der Waals surface area contributed by atoms with Crippen LogP contribution in [0.4, 0.5) is 5.88 Å². The van der Waals surface area contributed by atoms with E-state index < -0.39 is 0 Å². The number of fused-ring (bicyclic) bond motifs is 1. The summed E-state index contributed by atoms with van der Waals surface area (Å²) in [5, 5.41) is 7.70. The Balaban J connectivity index is 1.95. The second-order valence-electron chi connectivity index (χ2n) is 4.03. The second kappa shape index (κ2) is 4.68. The first kappa shape index (κ1) is 12.2. The smallest absolute Gasteiger partial charge is 0.269 e. The van der Waals surface area contributed by atoms with Crippen LogP contribution in [-0.2, 0) is 0 Å². The van der Waals surface area contributed by atoms with Crippen molar-refractivity contribution >= 4 is 44.8 Å². The number of hydrogen-bond acceptors (Lipinski definition) is 4. The number of aromatic nitrogens is 1. The van der Waals surface area contributed by atoms with Crippen LogP contribution in [0, 0.1) is 6.92 Å².